The van der Waals surface area contributed by atoms with E-state index in [1.54, 1.807) is 12.1 Å². The molecular formula is C23H24F2N2O3. The van der Waals surface area contributed by atoms with E-state index in [-0.39, 0.29) is 18.0 Å². The van der Waals surface area contributed by atoms with Crippen LogP contribution >= 0.6 is 0 Å². The summed E-state index contributed by atoms with van der Waals surface area (Å²) in [5.74, 6) is -3.31. The molecule has 5 nitrogen and oxygen atoms in total. The van der Waals surface area contributed by atoms with Crippen molar-refractivity contribution in [1.82, 2.24) is 9.88 Å². The van der Waals surface area contributed by atoms with E-state index in [1.807, 2.05) is 32.3 Å². The SMILES string of the molecule is CCn1c(C(C)(C)C)c(C(=O)NCc2ccc(F)c(F)c2)c2ccc(C(=O)O)cc21. The number of carboxylic acids is 1. The van der Waals surface area contributed by atoms with Gasteiger partial charge in [-0.25, -0.2) is 13.6 Å². The van der Waals surface area contributed by atoms with Gasteiger partial charge in [-0.1, -0.05) is 32.9 Å². The van der Waals surface area contributed by atoms with E-state index in [4.69, 9.17) is 0 Å². The largest absolute Gasteiger partial charge is 0.478 e. The van der Waals surface area contributed by atoms with Crippen LogP contribution < -0.4 is 5.32 Å². The second kappa shape index (κ2) is 7.89. The fourth-order valence-electron chi connectivity index (χ4n) is 3.74. The number of aryl methyl sites for hydroxylation is 1. The molecule has 0 saturated heterocycles. The number of nitrogens with one attached hydrogen (secondary N) is 1. The quantitative estimate of drug-likeness (QED) is 0.626. The number of hydrogen-bond donors (Lipinski definition) is 2. The Hall–Kier alpha value is -3.22. The van der Waals surface area contributed by atoms with Gasteiger partial charge in [0.25, 0.3) is 5.91 Å². The van der Waals surface area contributed by atoms with E-state index >= 15 is 0 Å². The molecular weight excluding hydrogens is 390 g/mol. The van der Waals surface area contributed by atoms with E-state index in [0.717, 1.165) is 17.8 Å². The molecule has 158 valence electrons. The highest BCUT2D eigenvalue weighted by atomic mass is 19.2. The number of hydrogen-bond acceptors (Lipinski definition) is 2. The maximum absolute atomic E-state index is 13.5. The van der Waals surface area contributed by atoms with Gasteiger partial charge in [0, 0.05) is 35.1 Å². The number of aromatic carboxylic acids is 1. The van der Waals surface area contributed by atoms with E-state index < -0.39 is 23.0 Å². The Balaban J connectivity index is 2.09. The van der Waals surface area contributed by atoms with Crippen molar-refractivity contribution in [3.63, 3.8) is 0 Å². The highest BCUT2D eigenvalue weighted by Crippen LogP contribution is 2.35. The summed E-state index contributed by atoms with van der Waals surface area (Å²) < 4.78 is 28.6. The molecule has 1 amide bonds. The summed E-state index contributed by atoms with van der Waals surface area (Å²) >= 11 is 0. The normalized spacial score (nSPS) is 11.7. The van der Waals surface area contributed by atoms with Gasteiger partial charge in [-0.3, -0.25) is 4.79 Å². The van der Waals surface area contributed by atoms with Crippen molar-refractivity contribution in [3.8, 4) is 0 Å². The number of carbonyl (C=O) groups excluding carboxylic acids is 1. The zero-order valence-electron chi connectivity index (χ0n) is 17.3. The molecule has 0 bridgehead atoms. The summed E-state index contributed by atoms with van der Waals surface area (Å²) in [6.45, 7) is 8.48. The first-order chi connectivity index (χ1) is 14.0. The van der Waals surface area contributed by atoms with Crippen LogP contribution in [0, 0.1) is 11.6 Å². The molecule has 3 rings (SSSR count). The van der Waals surface area contributed by atoms with Crippen molar-refractivity contribution < 1.29 is 23.5 Å². The predicted molar refractivity (Wildman–Crippen MR) is 111 cm³/mol. The number of aromatic nitrogens is 1. The van der Waals surface area contributed by atoms with Gasteiger partial charge in [-0.2, -0.15) is 0 Å². The second-order valence-electron chi connectivity index (χ2n) is 8.19. The Bertz CT molecular complexity index is 1140. The summed E-state index contributed by atoms with van der Waals surface area (Å²) in [6.07, 6.45) is 0. The van der Waals surface area contributed by atoms with Crippen molar-refractivity contribution in [2.24, 2.45) is 0 Å². The Morgan fingerprint density at radius 1 is 1.07 bits per heavy atom. The number of amides is 1. The van der Waals surface area contributed by atoms with Crippen LogP contribution in [0.1, 0.15) is 59.7 Å². The summed E-state index contributed by atoms with van der Waals surface area (Å²) in [5.41, 5.74) is 2.09. The molecule has 0 spiro atoms. The van der Waals surface area contributed by atoms with E-state index in [0.29, 0.717) is 28.6 Å². The lowest BCUT2D eigenvalue weighted by Gasteiger charge is -2.23. The number of rotatable bonds is 5. The maximum Gasteiger partial charge on any atom is 0.335 e. The van der Waals surface area contributed by atoms with Crippen LogP contribution in [-0.4, -0.2) is 21.6 Å². The molecule has 0 unspecified atom stereocenters. The Kier molecular flexibility index (Phi) is 5.65. The highest BCUT2D eigenvalue weighted by Gasteiger charge is 2.30. The summed E-state index contributed by atoms with van der Waals surface area (Å²) in [5, 5.41) is 12.8. The topological polar surface area (TPSA) is 71.3 Å². The molecule has 0 aliphatic heterocycles. The predicted octanol–water partition coefficient (Wildman–Crippen LogP) is 4.87. The maximum atomic E-state index is 13.5. The number of nitrogens with zero attached hydrogens (tertiary/aromatic N) is 1. The lowest BCUT2D eigenvalue weighted by Crippen LogP contribution is -2.28. The van der Waals surface area contributed by atoms with Gasteiger partial charge in [0.1, 0.15) is 0 Å². The fraction of sp³-hybridized carbons (Fsp3) is 0.304. The van der Waals surface area contributed by atoms with Crippen molar-refractivity contribution in [3.05, 3.63) is 70.4 Å². The molecule has 1 aromatic heterocycles. The van der Waals surface area contributed by atoms with Gasteiger partial charge in [0.2, 0.25) is 0 Å². The minimum Gasteiger partial charge on any atom is -0.478 e. The van der Waals surface area contributed by atoms with Gasteiger partial charge in [-0.15, -0.1) is 0 Å². The lowest BCUT2D eigenvalue weighted by atomic mass is 9.88. The standard InChI is InChI=1S/C23H24F2N2O3/c1-5-27-18-11-14(22(29)30)7-8-15(18)19(20(27)23(2,3)4)21(28)26-12-13-6-9-16(24)17(25)10-13/h6-11H,5,12H2,1-4H3,(H,26,28)(H,29,30). The number of benzene rings is 2. The molecule has 2 aromatic carbocycles. The average Bonchev–Trinajstić information content (AvgIpc) is 3.02. The summed E-state index contributed by atoms with van der Waals surface area (Å²) in [4.78, 5) is 24.6. The average molecular weight is 414 g/mol. The molecule has 7 heteroatoms. The first-order valence-electron chi connectivity index (χ1n) is 9.66. The third-order valence-corrected chi connectivity index (χ3v) is 5.00. The van der Waals surface area contributed by atoms with Gasteiger partial charge in [-0.05, 0) is 36.8 Å². The summed E-state index contributed by atoms with van der Waals surface area (Å²) in [7, 11) is 0. The molecule has 0 atom stereocenters. The lowest BCUT2D eigenvalue weighted by molar-refractivity contribution is 0.0696. The van der Waals surface area contributed by atoms with Crippen LogP contribution in [0.2, 0.25) is 0 Å². The summed E-state index contributed by atoms with van der Waals surface area (Å²) in [6, 6.07) is 8.18. The molecule has 1 heterocycles. The fourth-order valence-corrected chi connectivity index (χ4v) is 3.74. The van der Waals surface area contributed by atoms with Crippen LogP contribution in [0.25, 0.3) is 10.9 Å². The van der Waals surface area contributed by atoms with Crippen LogP contribution in [-0.2, 0) is 18.5 Å². The molecule has 3 aromatic rings. The minimum atomic E-state index is -1.04. The molecule has 0 aliphatic rings. The molecule has 0 saturated carbocycles. The number of carbonyl (C=O) groups is 2. The van der Waals surface area contributed by atoms with Crippen LogP contribution in [0.15, 0.2) is 36.4 Å². The van der Waals surface area contributed by atoms with Gasteiger partial charge in [0.15, 0.2) is 11.6 Å². The Morgan fingerprint density at radius 2 is 1.77 bits per heavy atom. The molecule has 0 fully saturated rings. The number of fused-ring (bicyclic) bond motifs is 1. The third-order valence-electron chi connectivity index (χ3n) is 5.00. The smallest absolute Gasteiger partial charge is 0.335 e. The number of carboxylic acid groups (broad SMARTS) is 1. The molecule has 2 N–H and O–H groups in total. The zero-order chi connectivity index (χ0) is 22.2. The van der Waals surface area contributed by atoms with E-state index in [9.17, 15) is 23.5 Å². The van der Waals surface area contributed by atoms with Crippen LogP contribution in [0.3, 0.4) is 0 Å². The third kappa shape index (κ3) is 3.92. The number of halogens is 2. The Labute approximate surface area is 173 Å². The second-order valence-corrected chi connectivity index (χ2v) is 8.19. The monoisotopic (exact) mass is 414 g/mol. The van der Waals surface area contributed by atoms with Crippen molar-refractivity contribution in [1.29, 1.82) is 0 Å². The Morgan fingerprint density at radius 3 is 2.33 bits per heavy atom. The van der Waals surface area contributed by atoms with Crippen molar-refractivity contribution >= 4 is 22.8 Å². The molecule has 0 radical (unpaired) electrons. The molecule has 30 heavy (non-hydrogen) atoms. The van der Waals surface area contributed by atoms with Crippen molar-refractivity contribution in [2.45, 2.75) is 46.2 Å². The van der Waals surface area contributed by atoms with Crippen LogP contribution in [0.4, 0.5) is 8.78 Å². The van der Waals surface area contributed by atoms with E-state index in [2.05, 4.69) is 5.32 Å². The minimum absolute atomic E-state index is 0.0334. The van der Waals surface area contributed by atoms with E-state index in [1.165, 1.54) is 12.1 Å². The van der Waals surface area contributed by atoms with Gasteiger partial charge in [0.05, 0.1) is 11.1 Å². The zero-order valence-corrected chi connectivity index (χ0v) is 17.3. The molecule has 0 aliphatic carbocycles. The van der Waals surface area contributed by atoms with Crippen molar-refractivity contribution in [2.75, 3.05) is 0 Å². The first-order valence-corrected chi connectivity index (χ1v) is 9.66. The highest BCUT2D eigenvalue weighted by molar-refractivity contribution is 6.10. The van der Waals surface area contributed by atoms with Gasteiger partial charge < -0.3 is 15.0 Å². The van der Waals surface area contributed by atoms with Gasteiger partial charge >= 0.3 is 5.97 Å². The van der Waals surface area contributed by atoms with Crippen LogP contribution in [0.5, 0.6) is 0 Å². The first kappa shape index (κ1) is 21.5.